The number of pyridine rings is 1. The van der Waals surface area contributed by atoms with Crippen molar-refractivity contribution in [1.29, 1.82) is 0 Å². The number of carbonyl (C=O) groups excluding carboxylic acids is 1. The summed E-state index contributed by atoms with van der Waals surface area (Å²) in [5.41, 5.74) is 2.92. The number of alkyl halides is 2. The first-order valence-corrected chi connectivity index (χ1v) is 10.8. The molecule has 8 nitrogen and oxygen atoms in total. The van der Waals surface area contributed by atoms with E-state index in [2.05, 4.69) is 32.1 Å². The number of imidazole rings is 1. The minimum atomic E-state index is -2.80. The molecule has 1 atom stereocenters. The number of nitrogens with zero attached hydrogens (tertiary/aromatic N) is 4. The number of hydrogen-bond acceptors (Lipinski definition) is 6. The van der Waals surface area contributed by atoms with Crippen molar-refractivity contribution in [3.05, 3.63) is 49.0 Å². The average molecular weight is 454 g/mol. The molecular formula is C23H24F2N6O2. The van der Waals surface area contributed by atoms with Gasteiger partial charge in [0.2, 0.25) is 11.8 Å². The molecule has 2 aliphatic heterocycles. The second kappa shape index (κ2) is 8.78. The van der Waals surface area contributed by atoms with E-state index in [1.54, 1.807) is 6.07 Å². The molecule has 33 heavy (non-hydrogen) atoms. The summed E-state index contributed by atoms with van der Waals surface area (Å²) in [5, 5.41) is 6.06. The fraction of sp³-hybridized carbons (Fsp3) is 0.348. The molecule has 0 spiro atoms. The van der Waals surface area contributed by atoms with Gasteiger partial charge < -0.3 is 20.3 Å². The van der Waals surface area contributed by atoms with Gasteiger partial charge in [0.05, 0.1) is 11.2 Å². The first-order chi connectivity index (χ1) is 16.0. The Labute approximate surface area is 189 Å². The predicted molar refractivity (Wildman–Crippen MR) is 120 cm³/mol. The van der Waals surface area contributed by atoms with Crippen molar-refractivity contribution < 1.29 is 18.3 Å². The highest BCUT2D eigenvalue weighted by Gasteiger charge is 2.27. The van der Waals surface area contributed by atoms with Gasteiger partial charge in [-0.15, -0.1) is 0 Å². The van der Waals surface area contributed by atoms with Crippen LogP contribution in [0.3, 0.4) is 0 Å². The van der Waals surface area contributed by atoms with Gasteiger partial charge in [0.15, 0.2) is 0 Å². The third kappa shape index (κ3) is 4.25. The fourth-order valence-corrected chi connectivity index (χ4v) is 4.20. The molecule has 0 aliphatic carbocycles. The Balaban J connectivity index is 1.49. The van der Waals surface area contributed by atoms with Crippen LogP contribution in [0, 0.1) is 5.92 Å². The molecule has 3 aromatic rings. The second-order valence-electron chi connectivity index (χ2n) is 8.17. The zero-order valence-corrected chi connectivity index (χ0v) is 17.9. The summed E-state index contributed by atoms with van der Waals surface area (Å²) < 4.78 is 33.8. The number of halogens is 2. The van der Waals surface area contributed by atoms with E-state index in [-0.39, 0.29) is 29.6 Å². The largest absolute Gasteiger partial charge is 0.442 e. The van der Waals surface area contributed by atoms with E-state index in [9.17, 15) is 13.6 Å². The molecule has 4 heterocycles. The molecule has 5 rings (SSSR count). The van der Waals surface area contributed by atoms with Crippen LogP contribution in [0.2, 0.25) is 0 Å². The predicted octanol–water partition coefficient (Wildman–Crippen LogP) is 2.93. The number of fused-ring (bicyclic) bond motifs is 1. The van der Waals surface area contributed by atoms with E-state index < -0.39 is 6.55 Å². The number of amides is 1. The summed E-state index contributed by atoms with van der Waals surface area (Å²) in [6.07, 6.45) is 1.31. The number of nitrogens with one attached hydrogen (secondary N) is 2. The maximum absolute atomic E-state index is 13.6. The van der Waals surface area contributed by atoms with Crippen molar-refractivity contribution in [1.82, 2.24) is 25.2 Å². The molecule has 0 unspecified atom stereocenters. The molecule has 1 aromatic carbocycles. The lowest BCUT2D eigenvalue weighted by Gasteiger charge is -2.29. The molecule has 172 valence electrons. The van der Waals surface area contributed by atoms with Gasteiger partial charge in [0.25, 0.3) is 0 Å². The molecule has 0 bridgehead atoms. The molecule has 2 fully saturated rings. The van der Waals surface area contributed by atoms with Gasteiger partial charge in [-0.25, -0.2) is 9.97 Å². The SMILES string of the molecule is C=C(Oc1nc(-c2ccc(N3CCNCC3)cc2)cc2ncn(C(F)F)c12)[C@H]1CNC(=O)C1. The number of ether oxygens (including phenoxy) is 1. The normalized spacial score (nSPS) is 18.7. The van der Waals surface area contributed by atoms with Gasteiger partial charge in [-0.2, -0.15) is 8.78 Å². The van der Waals surface area contributed by atoms with Gasteiger partial charge in [-0.05, 0) is 18.2 Å². The number of benzene rings is 1. The first-order valence-electron chi connectivity index (χ1n) is 10.8. The zero-order chi connectivity index (χ0) is 22.9. The van der Waals surface area contributed by atoms with Crippen molar-refractivity contribution in [2.45, 2.75) is 13.0 Å². The van der Waals surface area contributed by atoms with Gasteiger partial charge in [0.1, 0.15) is 17.6 Å². The molecule has 2 N–H and O–H groups in total. The highest BCUT2D eigenvalue weighted by Crippen LogP contribution is 2.34. The summed E-state index contributed by atoms with van der Waals surface area (Å²) in [4.78, 5) is 22.6. The van der Waals surface area contributed by atoms with E-state index in [1.165, 1.54) is 0 Å². The Morgan fingerprint density at radius 1 is 1.21 bits per heavy atom. The zero-order valence-electron chi connectivity index (χ0n) is 17.9. The van der Waals surface area contributed by atoms with Crippen LogP contribution in [-0.4, -0.2) is 53.2 Å². The Morgan fingerprint density at radius 2 is 1.97 bits per heavy atom. The van der Waals surface area contributed by atoms with E-state index in [0.29, 0.717) is 23.5 Å². The van der Waals surface area contributed by atoms with E-state index in [1.807, 2.05) is 24.3 Å². The number of carbonyl (C=O) groups is 1. The minimum Gasteiger partial charge on any atom is -0.442 e. The molecule has 2 aromatic heterocycles. The van der Waals surface area contributed by atoms with Gasteiger partial charge in [-0.3, -0.25) is 9.36 Å². The maximum Gasteiger partial charge on any atom is 0.320 e. The van der Waals surface area contributed by atoms with Crippen molar-refractivity contribution in [3.8, 4) is 17.1 Å². The number of aromatic nitrogens is 3. The molecule has 0 radical (unpaired) electrons. The number of piperazine rings is 1. The van der Waals surface area contributed by atoms with Crippen LogP contribution < -0.4 is 20.3 Å². The number of rotatable bonds is 6. The summed E-state index contributed by atoms with van der Waals surface area (Å²) >= 11 is 0. The third-order valence-electron chi connectivity index (χ3n) is 6.04. The van der Waals surface area contributed by atoms with Crippen LogP contribution in [0.25, 0.3) is 22.3 Å². The van der Waals surface area contributed by atoms with Gasteiger partial charge in [0, 0.05) is 56.3 Å². The first kappa shape index (κ1) is 21.3. The maximum atomic E-state index is 13.6. The standard InChI is InChI=1S/C23H24F2N6O2/c1-14(16-10-20(32)27-12-16)33-22-21-19(28-13-31(21)23(24)25)11-18(29-22)15-2-4-17(5-3-15)30-8-6-26-7-9-30/h2-5,11,13,16,23,26H,1,6-10,12H2,(H,27,32)/t16-/m1/s1. The van der Waals surface area contributed by atoms with Crippen LogP contribution in [0.15, 0.2) is 49.0 Å². The lowest BCUT2D eigenvalue weighted by Crippen LogP contribution is -2.43. The second-order valence-corrected chi connectivity index (χ2v) is 8.17. The summed E-state index contributed by atoms with van der Waals surface area (Å²) in [5.74, 6) is -0.0516. The van der Waals surface area contributed by atoms with E-state index in [4.69, 9.17) is 4.74 Å². The highest BCUT2D eigenvalue weighted by atomic mass is 19.3. The van der Waals surface area contributed by atoms with Crippen molar-refractivity contribution in [3.63, 3.8) is 0 Å². The lowest BCUT2D eigenvalue weighted by molar-refractivity contribution is -0.119. The van der Waals surface area contributed by atoms with Crippen LogP contribution >= 0.6 is 0 Å². The molecule has 2 saturated heterocycles. The Hall–Kier alpha value is -3.53. The van der Waals surface area contributed by atoms with Crippen molar-refractivity contribution >= 4 is 22.6 Å². The molecular weight excluding hydrogens is 430 g/mol. The van der Waals surface area contributed by atoms with Crippen LogP contribution in [0.4, 0.5) is 14.5 Å². The molecule has 1 amide bonds. The van der Waals surface area contributed by atoms with Crippen LogP contribution in [0.1, 0.15) is 13.0 Å². The van der Waals surface area contributed by atoms with E-state index >= 15 is 0 Å². The molecule has 10 heteroatoms. The average Bonchev–Trinajstić information content (AvgIpc) is 3.46. The monoisotopic (exact) mass is 454 g/mol. The molecule has 0 saturated carbocycles. The van der Waals surface area contributed by atoms with Crippen molar-refractivity contribution in [2.24, 2.45) is 5.92 Å². The Morgan fingerprint density at radius 3 is 2.64 bits per heavy atom. The summed E-state index contributed by atoms with van der Waals surface area (Å²) in [6.45, 7) is 5.27. The summed E-state index contributed by atoms with van der Waals surface area (Å²) in [7, 11) is 0. The molecule has 2 aliphatic rings. The van der Waals surface area contributed by atoms with Crippen LogP contribution in [-0.2, 0) is 4.79 Å². The number of hydrogen-bond donors (Lipinski definition) is 2. The highest BCUT2D eigenvalue weighted by molar-refractivity contribution is 5.85. The van der Waals surface area contributed by atoms with Crippen LogP contribution in [0.5, 0.6) is 5.88 Å². The topological polar surface area (TPSA) is 84.3 Å². The van der Waals surface area contributed by atoms with Gasteiger partial charge >= 0.3 is 6.55 Å². The fourth-order valence-electron chi connectivity index (χ4n) is 4.20. The smallest absolute Gasteiger partial charge is 0.320 e. The minimum absolute atomic E-state index is 0.00386. The summed E-state index contributed by atoms with van der Waals surface area (Å²) in [6, 6.07) is 9.63. The quantitative estimate of drug-likeness (QED) is 0.558. The lowest BCUT2D eigenvalue weighted by atomic mass is 10.1. The van der Waals surface area contributed by atoms with E-state index in [0.717, 1.165) is 48.3 Å². The Bertz CT molecular complexity index is 1190. The number of anilines is 1. The Kier molecular flexibility index (Phi) is 5.67. The van der Waals surface area contributed by atoms with Gasteiger partial charge in [-0.1, -0.05) is 18.7 Å². The third-order valence-corrected chi connectivity index (χ3v) is 6.04. The van der Waals surface area contributed by atoms with Crippen molar-refractivity contribution in [2.75, 3.05) is 37.6 Å².